The van der Waals surface area contributed by atoms with Gasteiger partial charge >= 0.3 is 5.97 Å². The first-order valence-corrected chi connectivity index (χ1v) is 12.3. The second-order valence-corrected chi connectivity index (χ2v) is 9.16. The molecule has 0 spiro atoms. The van der Waals surface area contributed by atoms with Crippen molar-refractivity contribution in [2.24, 2.45) is 11.5 Å². The van der Waals surface area contributed by atoms with Crippen LogP contribution in [0.2, 0.25) is 0 Å². The molecule has 0 saturated carbocycles. The molecule has 1 aromatic heterocycles. The predicted molar refractivity (Wildman–Crippen MR) is 124 cm³/mol. The number of quaternary nitrogens is 1. The van der Waals surface area contributed by atoms with E-state index in [4.69, 9.17) is 20.9 Å². The molecule has 0 aliphatic carbocycles. The molecule has 0 fully saturated rings. The van der Waals surface area contributed by atoms with Crippen LogP contribution in [0.5, 0.6) is 5.88 Å². The summed E-state index contributed by atoms with van der Waals surface area (Å²) in [6.45, 7) is 6.99. The lowest BCUT2D eigenvalue weighted by molar-refractivity contribution is -0.944. The van der Waals surface area contributed by atoms with Crippen molar-refractivity contribution in [3.63, 3.8) is 0 Å². The Morgan fingerprint density at radius 3 is 2.81 bits per heavy atom. The van der Waals surface area contributed by atoms with Crippen molar-refractivity contribution in [1.82, 2.24) is 8.75 Å². The van der Waals surface area contributed by atoms with Crippen LogP contribution in [0.4, 0.5) is 0 Å². The molecule has 3 atom stereocenters. The second kappa shape index (κ2) is 13.1. The number of hydrogen-bond donors (Lipinski definition) is 2. The van der Waals surface area contributed by atoms with E-state index in [9.17, 15) is 4.79 Å². The zero-order chi connectivity index (χ0) is 22.7. The van der Waals surface area contributed by atoms with Crippen molar-refractivity contribution in [3.8, 4) is 5.88 Å². The summed E-state index contributed by atoms with van der Waals surface area (Å²) in [6.07, 6.45) is 9.68. The van der Waals surface area contributed by atoms with E-state index in [2.05, 4.69) is 28.8 Å². The molecule has 8 nitrogen and oxygen atoms in total. The Morgan fingerprint density at radius 1 is 1.26 bits per heavy atom. The number of carbonyl (C=O) groups excluding carboxylic acids is 1. The summed E-state index contributed by atoms with van der Waals surface area (Å²) >= 11 is 1.18. The maximum atomic E-state index is 12.4. The number of carbonyl (C=O) groups is 1. The zero-order valence-corrected chi connectivity index (χ0v) is 20.2. The van der Waals surface area contributed by atoms with Crippen LogP contribution in [0.3, 0.4) is 0 Å². The summed E-state index contributed by atoms with van der Waals surface area (Å²) < 4.78 is 21.1. The van der Waals surface area contributed by atoms with E-state index in [1.165, 1.54) is 24.6 Å². The molecule has 0 aromatic carbocycles. The molecular weight excluding hydrogens is 414 g/mol. The predicted octanol–water partition coefficient (Wildman–Crippen LogP) is 3.08. The highest BCUT2D eigenvalue weighted by molar-refractivity contribution is 6.99. The third-order valence-electron chi connectivity index (χ3n) is 6.00. The van der Waals surface area contributed by atoms with E-state index in [1.807, 2.05) is 6.92 Å². The molecule has 0 amide bonds. The maximum absolute atomic E-state index is 12.4. The van der Waals surface area contributed by atoms with Gasteiger partial charge in [0, 0.05) is 18.9 Å². The van der Waals surface area contributed by atoms with Gasteiger partial charge in [0.25, 0.3) is 5.88 Å². The Morgan fingerprint density at radius 2 is 2.06 bits per heavy atom. The fourth-order valence-corrected chi connectivity index (χ4v) is 4.26. The highest BCUT2D eigenvalue weighted by Crippen LogP contribution is 2.31. The van der Waals surface area contributed by atoms with Crippen LogP contribution in [-0.4, -0.2) is 64.8 Å². The van der Waals surface area contributed by atoms with E-state index in [-0.39, 0.29) is 12.2 Å². The number of ether oxygens (including phenoxy) is 2. The van der Waals surface area contributed by atoms with Crippen LogP contribution < -0.4 is 16.2 Å². The number of rotatable bonds is 14. The minimum Gasteiger partial charge on any atom is -0.475 e. The Kier molecular flexibility index (Phi) is 10.9. The number of likely N-dealkylation sites (N-methyl/N-ethyl adjacent to an activating group) is 1. The third-order valence-corrected chi connectivity index (χ3v) is 6.51. The Bertz CT molecular complexity index is 711. The van der Waals surface area contributed by atoms with Gasteiger partial charge in [-0.3, -0.25) is 9.28 Å². The first-order chi connectivity index (χ1) is 14.9. The van der Waals surface area contributed by atoms with Crippen LogP contribution in [-0.2, 0) is 9.53 Å². The monoisotopic (exact) mass is 454 g/mol. The number of nitrogens with two attached hydrogens (primary N) is 2. The van der Waals surface area contributed by atoms with Crippen molar-refractivity contribution in [3.05, 3.63) is 11.8 Å². The van der Waals surface area contributed by atoms with Gasteiger partial charge < -0.3 is 20.9 Å². The summed E-state index contributed by atoms with van der Waals surface area (Å²) in [4.78, 5) is 12.4. The number of nitrogens with zero attached hydrogens (tertiary/aromatic N) is 3. The topological polar surface area (TPSA) is 113 Å². The van der Waals surface area contributed by atoms with E-state index in [1.54, 1.807) is 0 Å². The van der Waals surface area contributed by atoms with Gasteiger partial charge in [0.1, 0.15) is 18.3 Å². The molecule has 176 valence electrons. The van der Waals surface area contributed by atoms with Gasteiger partial charge in [-0.15, -0.1) is 4.37 Å². The molecule has 0 bridgehead atoms. The van der Waals surface area contributed by atoms with Crippen molar-refractivity contribution >= 4 is 23.3 Å². The van der Waals surface area contributed by atoms with Crippen LogP contribution in [0.25, 0.3) is 5.57 Å². The van der Waals surface area contributed by atoms with Gasteiger partial charge in [0.05, 0.1) is 31.9 Å². The van der Waals surface area contributed by atoms with Gasteiger partial charge in [-0.2, -0.15) is 4.37 Å². The molecule has 1 aliphatic rings. The number of unbranched alkanes of at least 4 members (excludes halogenated alkanes) is 4. The molecule has 2 rings (SSSR count). The van der Waals surface area contributed by atoms with Crippen molar-refractivity contribution < 1.29 is 18.8 Å². The van der Waals surface area contributed by atoms with Gasteiger partial charge in [-0.05, 0) is 25.8 Å². The smallest absolute Gasteiger partial charge is 0.327 e. The first kappa shape index (κ1) is 25.7. The van der Waals surface area contributed by atoms with E-state index < -0.39 is 6.04 Å². The largest absolute Gasteiger partial charge is 0.475 e. The number of hydrogen-bond acceptors (Lipinski definition) is 8. The molecule has 31 heavy (non-hydrogen) atoms. The summed E-state index contributed by atoms with van der Waals surface area (Å²) in [5, 5.41) is 0. The molecule has 4 N–H and O–H groups in total. The molecule has 0 saturated heterocycles. The Hall–Kier alpha value is -1.55. The minimum atomic E-state index is -0.601. The SMILES string of the molecule is CCCCCCOc1nsnc1C1=CCC[N+](C)([C@@H](C)OC(=O)[C@@H](N)CCCCN)C1. The average molecular weight is 455 g/mol. The molecule has 1 aromatic rings. The van der Waals surface area contributed by atoms with Gasteiger partial charge in [0.2, 0.25) is 6.23 Å². The van der Waals surface area contributed by atoms with Crippen LogP contribution in [0.1, 0.15) is 70.9 Å². The second-order valence-electron chi connectivity index (χ2n) is 8.63. The van der Waals surface area contributed by atoms with E-state index in [0.717, 1.165) is 49.9 Å². The zero-order valence-electron chi connectivity index (χ0n) is 19.3. The van der Waals surface area contributed by atoms with Gasteiger partial charge in [-0.1, -0.05) is 38.7 Å². The minimum absolute atomic E-state index is 0.304. The number of aromatic nitrogens is 2. The van der Waals surface area contributed by atoms with Crippen molar-refractivity contribution in [1.29, 1.82) is 0 Å². The third kappa shape index (κ3) is 7.82. The molecule has 9 heteroatoms. The highest BCUT2D eigenvalue weighted by Gasteiger charge is 2.37. The lowest BCUT2D eigenvalue weighted by atomic mass is 10.0. The molecule has 1 unspecified atom stereocenters. The van der Waals surface area contributed by atoms with Crippen LogP contribution in [0.15, 0.2) is 6.08 Å². The average Bonchev–Trinajstić information content (AvgIpc) is 3.22. The lowest BCUT2D eigenvalue weighted by Gasteiger charge is -2.41. The highest BCUT2D eigenvalue weighted by atomic mass is 32.1. The Labute approximate surface area is 190 Å². The molecule has 2 heterocycles. The van der Waals surface area contributed by atoms with E-state index in [0.29, 0.717) is 36.5 Å². The maximum Gasteiger partial charge on any atom is 0.327 e. The molecule has 1 aliphatic heterocycles. The van der Waals surface area contributed by atoms with Gasteiger partial charge in [0.15, 0.2) is 0 Å². The molecular formula is C22H40N5O3S+. The fourth-order valence-electron chi connectivity index (χ4n) is 3.73. The fraction of sp³-hybridized carbons (Fsp3) is 0.773. The van der Waals surface area contributed by atoms with Crippen LogP contribution in [0, 0.1) is 0 Å². The molecule has 0 radical (unpaired) electrons. The number of esters is 1. The Balaban J connectivity index is 1.94. The summed E-state index contributed by atoms with van der Waals surface area (Å²) in [5.74, 6) is 0.277. The van der Waals surface area contributed by atoms with Crippen molar-refractivity contribution in [2.45, 2.75) is 77.5 Å². The first-order valence-electron chi connectivity index (χ1n) is 11.6. The quantitative estimate of drug-likeness (QED) is 0.252. The van der Waals surface area contributed by atoms with E-state index >= 15 is 0 Å². The summed E-state index contributed by atoms with van der Waals surface area (Å²) in [6, 6.07) is -0.601. The standard InChI is InChI=1S/C22H40N5O3S/c1-4-5-6-9-15-29-21-20(25-31-26-21)18-11-10-14-27(3,16-18)17(2)30-22(28)19(24)12-7-8-13-23/h11,17,19H,4-10,12-16,23-24H2,1-3H3/q+1/t17-,19+,27?/m1/s1. The summed E-state index contributed by atoms with van der Waals surface area (Å²) in [7, 11) is 2.11. The van der Waals surface area contributed by atoms with Crippen LogP contribution >= 0.6 is 11.7 Å². The van der Waals surface area contributed by atoms with Crippen molar-refractivity contribution in [2.75, 3.05) is 33.3 Å². The normalized spacial score (nSPS) is 20.7. The lowest BCUT2D eigenvalue weighted by Crippen LogP contribution is -2.56. The van der Waals surface area contributed by atoms with Gasteiger partial charge in [-0.25, -0.2) is 0 Å². The summed E-state index contributed by atoms with van der Waals surface area (Å²) in [5.41, 5.74) is 13.4.